The van der Waals surface area contributed by atoms with Gasteiger partial charge in [-0.1, -0.05) is 30.3 Å². The molecule has 2 aromatic carbocycles. The minimum Gasteiger partial charge on any atom is -0.349 e. The Balaban J connectivity index is 1.80. The SMILES string of the molecule is C[C@@H](OC1OCCNC1c1ccccc1)c1cc(F)cc(C(F)(F)F)c1. The van der Waals surface area contributed by atoms with Gasteiger partial charge in [-0.2, -0.15) is 13.2 Å². The molecule has 2 unspecified atom stereocenters. The minimum atomic E-state index is -4.62. The maximum Gasteiger partial charge on any atom is 0.416 e. The van der Waals surface area contributed by atoms with Crippen LogP contribution in [0.2, 0.25) is 0 Å². The molecule has 1 saturated heterocycles. The monoisotopic (exact) mass is 369 g/mol. The molecular formula is C19H19F4NO2. The first-order chi connectivity index (χ1) is 12.3. The fourth-order valence-corrected chi connectivity index (χ4v) is 2.93. The molecule has 0 radical (unpaired) electrons. The van der Waals surface area contributed by atoms with Crippen LogP contribution in [0.15, 0.2) is 48.5 Å². The van der Waals surface area contributed by atoms with Gasteiger partial charge < -0.3 is 14.8 Å². The Morgan fingerprint density at radius 3 is 2.58 bits per heavy atom. The van der Waals surface area contributed by atoms with Gasteiger partial charge in [0.05, 0.1) is 24.3 Å². The summed E-state index contributed by atoms with van der Waals surface area (Å²) >= 11 is 0. The van der Waals surface area contributed by atoms with Crippen LogP contribution in [0.3, 0.4) is 0 Å². The summed E-state index contributed by atoms with van der Waals surface area (Å²) in [6.07, 6.45) is -6.09. The van der Waals surface area contributed by atoms with E-state index in [1.807, 2.05) is 30.3 Å². The molecule has 3 rings (SSSR count). The second kappa shape index (κ2) is 7.73. The molecule has 0 amide bonds. The standard InChI is InChI=1S/C19H19F4NO2/c1-12(14-9-15(19(21,22)23)11-16(20)10-14)26-18-17(24-7-8-25-18)13-5-3-2-4-6-13/h2-6,9-12,17-18,24H,7-8H2,1H3/t12-,17?,18?/m1/s1. The molecule has 0 aromatic heterocycles. The Labute approximate surface area is 148 Å². The number of nitrogens with one attached hydrogen (secondary N) is 1. The van der Waals surface area contributed by atoms with Gasteiger partial charge in [0.25, 0.3) is 0 Å². The number of hydrogen-bond acceptors (Lipinski definition) is 3. The van der Waals surface area contributed by atoms with Crippen molar-refractivity contribution in [1.82, 2.24) is 5.32 Å². The van der Waals surface area contributed by atoms with Gasteiger partial charge in [0.15, 0.2) is 6.29 Å². The van der Waals surface area contributed by atoms with E-state index in [-0.39, 0.29) is 11.6 Å². The number of rotatable bonds is 4. The number of benzene rings is 2. The van der Waals surface area contributed by atoms with E-state index in [9.17, 15) is 17.6 Å². The zero-order chi connectivity index (χ0) is 18.7. The van der Waals surface area contributed by atoms with Crippen LogP contribution in [-0.4, -0.2) is 19.4 Å². The lowest BCUT2D eigenvalue weighted by Gasteiger charge is -2.34. The topological polar surface area (TPSA) is 30.5 Å². The van der Waals surface area contributed by atoms with Gasteiger partial charge in [-0.3, -0.25) is 0 Å². The second-order valence-electron chi connectivity index (χ2n) is 6.13. The van der Waals surface area contributed by atoms with Crippen molar-refractivity contribution in [2.24, 2.45) is 0 Å². The first kappa shape index (κ1) is 18.8. The lowest BCUT2D eigenvalue weighted by molar-refractivity contribution is -0.200. The predicted molar refractivity (Wildman–Crippen MR) is 87.8 cm³/mol. The minimum absolute atomic E-state index is 0.110. The van der Waals surface area contributed by atoms with Crippen molar-refractivity contribution in [3.63, 3.8) is 0 Å². The van der Waals surface area contributed by atoms with Crippen LogP contribution in [0.1, 0.15) is 35.8 Å². The van der Waals surface area contributed by atoms with Crippen molar-refractivity contribution in [3.8, 4) is 0 Å². The molecule has 140 valence electrons. The molecular weight excluding hydrogens is 350 g/mol. The highest BCUT2D eigenvalue weighted by molar-refractivity contribution is 5.28. The van der Waals surface area contributed by atoms with Crippen molar-refractivity contribution in [3.05, 3.63) is 71.0 Å². The molecule has 2 aromatic rings. The van der Waals surface area contributed by atoms with Crippen LogP contribution in [-0.2, 0) is 15.7 Å². The van der Waals surface area contributed by atoms with Crippen molar-refractivity contribution < 1.29 is 27.0 Å². The molecule has 7 heteroatoms. The molecule has 3 nitrogen and oxygen atoms in total. The van der Waals surface area contributed by atoms with E-state index in [2.05, 4.69) is 5.32 Å². The van der Waals surface area contributed by atoms with E-state index in [0.717, 1.165) is 17.7 Å². The smallest absolute Gasteiger partial charge is 0.349 e. The van der Waals surface area contributed by atoms with Crippen LogP contribution in [0.4, 0.5) is 17.6 Å². The molecule has 0 saturated carbocycles. The summed E-state index contributed by atoms with van der Waals surface area (Å²) in [5, 5.41) is 3.29. The van der Waals surface area contributed by atoms with Gasteiger partial charge in [0, 0.05) is 6.54 Å². The van der Waals surface area contributed by atoms with Gasteiger partial charge in [0.1, 0.15) is 5.82 Å². The Hall–Kier alpha value is -1.96. The van der Waals surface area contributed by atoms with Gasteiger partial charge in [-0.25, -0.2) is 4.39 Å². The van der Waals surface area contributed by atoms with Crippen molar-refractivity contribution in [1.29, 1.82) is 0 Å². The number of hydrogen-bond donors (Lipinski definition) is 1. The summed E-state index contributed by atoms with van der Waals surface area (Å²) < 4.78 is 63.9. The molecule has 1 aliphatic rings. The largest absolute Gasteiger partial charge is 0.416 e. The summed E-state index contributed by atoms with van der Waals surface area (Å²) in [5.41, 5.74) is 0.0168. The van der Waals surface area contributed by atoms with Gasteiger partial charge in [-0.15, -0.1) is 0 Å². The maximum atomic E-state index is 13.6. The number of alkyl halides is 3. The average Bonchev–Trinajstić information content (AvgIpc) is 2.61. The van der Waals surface area contributed by atoms with Crippen molar-refractivity contribution >= 4 is 0 Å². The second-order valence-corrected chi connectivity index (χ2v) is 6.13. The van der Waals surface area contributed by atoms with E-state index in [0.29, 0.717) is 19.2 Å². The lowest BCUT2D eigenvalue weighted by atomic mass is 10.0. The van der Waals surface area contributed by atoms with Crippen LogP contribution < -0.4 is 5.32 Å². The third kappa shape index (κ3) is 4.41. The molecule has 1 heterocycles. The fourth-order valence-electron chi connectivity index (χ4n) is 2.93. The first-order valence-corrected chi connectivity index (χ1v) is 8.27. The fraction of sp³-hybridized carbons (Fsp3) is 0.368. The Morgan fingerprint density at radius 1 is 1.15 bits per heavy atom. The van der Waals surface area contributed by atoms with Crippen LogP contribution in [0.25, 0.3) is 0 Å². The number of halogens is 4. The van der Waals surface area contributed by atoms with Crippen LogP contribution >= 0.6 is 0 Å². The predicted octanol–water partition coefficient (Wildman–Crippen LogP) is 4.61. The Kier molecular flexibility index (Phi) is 5.60. The molecule has 26 heavy (non-hydrogen) atoms. The van der Waals surface area contributed by atoms with E-state index in [1.54, 1.807) is 6.92 Å². The highest BCUT2D eigenvalue weighted by atomic mass is 19.4. The summed E-state index contributed by atoms with van der Waals surface area (Å²) in [6.45, 7) is 2.62. The molecule has 1 aliphatic heterocycles. The molecule has 1 fully saturated rings. The molecule has 3 atom stereocenters. The normalized spacial score (nSPS) is 22.2. The summed E-state index contributed by atoms with van der Waals surface area (Å²) in [7, 11) is 0. The van der Waals surface area contributed by atoms with E-state index < -0.39 is 30.0 Å². The van der Waals surface area contributed by atoms with Gasteiger partial charge in [-0.05, 0) is 36.2 Å². The number of ether oxygens (including phenoxy) is 2. The number of morpholine rings is 1. The highest BCUT2D eigenvalue weighted by Gasteiger charge is 2.33. The first-order valence-electron chi connectivity index (χ1n) is 8.27. The zero-order valence-corrected chi connectivity index (χ0v) is 14.1. The van der Waals surface area contributed by atoms with Gasteiger partial charge in [0.2, 0.25) is 0 Å². The van der Waals surface area contributed by atoms with Crippen molar-refractivity contribution in [2.45, 2.75) is 31.5 Å². The quantitative estimate of drug-likeness (QED) is 0.799. The van der Waals surface area contributed by atoms with E-state index >= 15 is 0 Å². The molecule has 0 spiro atoms. The van der Waals surface area contributed by atoms with E-state index in [4.69, 9.17) is 9.47 Å². The molecule has 0 aliphatic carbocycles. The average molecular weight is 369 g/mol. The summed E-state index contributed by atoms with van der Waals surface area (Å²) in [5.74, 6) is -0.951. The maximum absolute atomic E-state index is 13.6. The van der Waals surface area contributed by atoms with Crippen LogP contribution in [0.5, 0.6) is 0 Å². The molecule has 1 N–H and O–H groups in total. The third-order valence-corrected chi connectivity index (χ3v) is 4.23. The van der Waals surface area contributed by atoms with Gasteiger partial charge >= 0.3 is 6.18 Å². The Morgan fingerprint density at radius 2 is 1.88 bits per heavy atom. The van der Waals surface area contributed by atoms with Crippen molar-refractivity contribution in [2.75, 3.05) is 13.2 Å². The third-order valence-electron chi connectivity index (χ3n) is 4.23. The summed E-state index contributed by atoms with van der Waals surface area (Å²) in [4.78, 5) is 0. The lowest BCUT2D eigenvalue weighted by Crippen LogP contribution is -2.43. The zero-order valence-electron chi connectivity index (χ0n) is 14.1. The highest BCUT2D eigenvalue weighted by Crippen LogP contribution is 2.34. The Bertz CT molecular complexity index is 736. The van der Waals surface area contributed by atoms with E-state index in [1.165, 1.54) is 0 Å². The van der Waals surface area contributed by atoms with Crippen LogP contribution in [0, 0.1) is 5.82 Å². The summed E-state index contributed by atoms with van der Waals surface area (Å²) in [6, 6.07) is 11.6. The molecule has 0 bridgehead atoms.